The highest BCUT2D eigenvalue weighted by atomic mass is 33.1. The topological polar surface area (TPSA) is 96.4 Å². The van der Waals surface area contributed by atoms with Gasteiger partial charge in [-0.3, -0.25) is 14.4 Å². The first kappa shape index (κ1) is 18.6. The minimum absolute atomic E-state index is 0.186. The Kier molecular flexibility index (Phi) is 3.69. The summed E-state index contributed by atoms with van der Waals surface area (Å²) in [6.45, 7) is 1.32. The van der Waals surface area contributed by atoms with Crippen molar-refractivity contribution in [2.45, 2.75) is 53.8 Å². The smallest absolute Gasteiger partial charge is 0.303 e. The number of allylic oxidation sites excluding steroid dienone is 2. The van der Waals surface area contributed by atoms with Crippen molar-refractivity contribution in [3.8, 4) is 0 Å². The first-order valence-corrected chi connectivity index (χ1v) is 11.8. The number of ether oxygens (including phenoxy) is 2. The Bertz CT molecular complexity index is 1020. The van der Waals surface area contributed by atoms with Crippen LogP contribution in [0.5, 0.6) is 0 Å². The van der Waals surface area contributed by atoms with Crippen LogP contribution in [0.4, 0.5) is 0 Å². The van der Waals surface area contributed by atoms with Gasteiger partial charge in [0, 0.05) is 19.8 Å². The minimum Gasteiger partial charge on any atom is -0.473 e. The highest BCUT2D eigenvalue weighted by molar-refractivity contribution is 8.78. The number of rotatable bonds is 1. The van der Waals surface area contributed by atoms with Crippen LogP contribution in [0.1, 0.15) is 19.8 Å². The summed E-state index contributed by atoms with van der Waals surface area (Å²) in [7, 11) is 2.79. The van der Waals surface area contributed by atoms with Crippen molar-refractivity contribution in [3.63, 3.8) is 0 Å². The first-order valence-electron chi connectivity index (χ1n) is 9.67. The van der Waals surface area contributed by atoms with Gasteiger partial charge in [0.1, 0.15) is 6.10 Å². The van der Waals surface area contributed by atoms with E-state index in [0.29, 0.717) is 6.42 Å². The third-order valence-corrected chi connectivity index (χ3v) is 10.1. The van der Waals surface area contributed by atoms with Crippen LogP contribution in [0.3, 0.4) is 0 Å². The second-order valence-electron chi connectivity index (χ2n) is 8.18. The molecule has 8 nitrogen and oxygen atoms in total. The van der Waals surface area contributed by atoms with Gasteiger partial charge in [-0.2, -0.15) is 0 Å². The van der Waals surface area contributed by atoms with Gasteiger partial charge in [-0.25, -0.2) is 0 Å². The van der Waals surface area contributed by atoms with Gasteiger partial charge in [0.05, 0.1) is 30.7 Å². The van der Waals surface area contributed by atoms with E-state index in [2.05, 4.69) is 0 Å². The van der Waals surface area contributed by atoms with E-state index in [-0.39, 0.29) is 18.2 Å². The summed E-state index contributed by atoms with van der Waals surface area (Å²) < 4.78 is 10.9. The van der Waals surface area contributed by atoms with E-state index in [0.717, 1.165) is 11.1 Å². The number of carbonyl (C=O) groups is 3. The molecule has 7 rings (SSSR count). The predicted octanol–water partition coefficient (Wildman–Crippen LogP) is 1.21. The molecule has 0 aromatic heterocycles. The summed E-state index contributed by atoms with van der Waals surface area (Å²) in [6.07, 6.45) is 8.96. The van der Waals surface area contributed by atoms with Gasteiger partial charge in [-0.05, 0) is 17.2 Å². The van der Waals surface area contributed by atoms with Gasteiger partial charge in [0.15, 0.2) is 9.74 Å². The van der Waals surface area contributed by atoms with Crippen molar-refractivity contribution in [2.24, 2.45) is 0 Å². The highest BCUT2D eigenvalue weighted by Crippen LogP contribution is 2.69. The predicted molar refractivity (Wildman–Crippen MR) is 108 cm³/mol. The molecule has 30 heavy (non-hydrogen) atoms. The Morgan fingerprint density at radius 2 is 1.80 bits per heavy atom. The molecule has 2 spiro atoms. The Labute approximate surface area is 180 Å². The van der Waals surface area contributed by atoms with E-state index in [1.54, 1.807) is 34.3 Å². The van der Waals surface area contributed by atoms with E-state index >= 15 is 0 Å². The molecule has 7 aliphatic rings. The van der Waals surface area contributed by atoms with Crippen LogP contribution in [0.25, 0.3) is 0 Å². The summed E-state index contributed by atoms with van der Waals surface area (Å²) in [5.74, 6) is -0.844. The summed E-state index contributed by atoms with van der Waals surface area (Å²) in [5, 5.41) is 10.6. The number of aliphatic hydroxyl groups excluding tert-OH is 1. The van der Waals surface area contributed by atoms with Gasteiger partial charge in [0.25, 0.3) is 11.8 Å². The van der Waals surface area contributed by atoms with Crippen LogP contribution >= 0.6 is 21.6 Å². The van der Waals surface area contributed by atoms with Crippen molar-refractivity contribution >= 4 is 39.4 Å². The third kappa shape index (κ3) is 2.06. The molecule has 5 fully saturated rings. The number of hydrogen-bond donors (Lipinski definition) is 1. The fraction of sp³-hybridized carbons (Fsp3) is 0.450. The van der Waals surface area contributed by atoms with Gasteiger partial charge in [-0.15, -0.1) is 0 Å². The molecule has 2 bridgehead atoms. The van der Waals surface area contributed by atoms with E-state index < -0.39 is 40.0 Å². The summed E-state index contributed by atoms with van der Waals surface area (Å²) in [6, 6.07) is -1.13. The molecule has 0 aromatic rings. The molecule has 156 valence electrons. The molecule has 0 aromatic carbocycles. The standard InChI is InChI=1S/C20H18N2O6S2/c1-10(23)28-14-5-6-27-9-12-8-20-17(25)21-15-11(3-2-4-13(15)24)7-19(21,29-30-20)18(26)22(20)16(12)14/h2-6,9,13-16,24H,7-8H2,1H3/t13-,14-,15-,16-,19?,20?/m0/s1. The number of amides is 2. The van der Waals surface area contributed by atoms with Crippen LogP contribution in [0.15, 0.2) is 48.0 Å². The number of esters is 1. The van der Waals surface area contributed by atoms with Crippen LogP contribution in [0.2, 0.25) is 0 Å². The van der Waals surface area contributed by atoms with Crippen molar-refractivity contribution < 1.29 is 29.0 Å². The molecular formula is C20H18N2O6S2. The maximum absolute atomic E-state index is 14.0. The third-order valence-electron chi connectivity index (χ3n) is 6.53. The minimum atomic E-state index is -1.15. The fourth-order valence-electron chi connectivity index (χ4n) is 5.42. The molecule has 0 saturated carbocycles. The molecule has 1 N–H and O–H groups in total. The van der Waals surface area contributed by atoms with Crippen LogP contribution < -0.4 is 0 Å². The van der Waals surface area contributed by atoms with Gasteiger partial charge in [0.2, 0.25) is 0 Å². The van der Waals surface area contributed by atoms with Gasteiger partial charge < -0.3 is 24.4 Å². The molecule has 6 heterocycles. The SMILES string of the molecule is CC(=O)O[C@H]1C=COC=C2CC34SSC5(CC6=CC=C[C@H](O)[C@H]6N5C3=O)C(=O)N4[C@@H]21. The number of carbonyl (C=O) groups excluding carboxylic acids is 3. The summed E-state index contributed by atoms with van der Waals surface area (Å²) in [4.78, 5) is 40.6. The molecule has 10 heteroatoms. The van der Waals surface area contributed by atoms with E-state index in [4.69, 9.17) is 9.47 Å². The fourth-order valence-corrected chi connectivity index (χ4v) is 9.13. The van der Waals surface area contributed by atoms with Crippen molar-refractivity contribution in [1.82, 2.24) is 9.80 Å². The summed E-state index contributed by atoms with van der Waals surface area (Å²) in [5.41, 5.74) is 1.62. The van der Waals surface area contributed by atoms with Gasteiger partial charge >= 0.3 is 5.97 Å². The van der Waals surface area contributed by atoms with Crippen molar-refractivity contribution in [1.29, 1.82) is 0 Å². The normalized spacial score (nSPS) is 42.6. The van der Waals surface area contributed by atoms with E-state index in [9.17, 15) is 19.5 Å². The zero-order valence-electron chi connectivity index (χ0n) is 15.9. The second kappa shape index (κ2) is 5.95. The number of aliphatic hydroxyl groups is 1. The van der Waals surface area contributed by atoms with Gasteiger partial charge in [-0.1, -0.05) is 39.8 Å². The lowest BCUT2D eigenvalue weighted by molar-refractivity contribution is -0.170. The summed E-state index contributed by atoms with van der Waals surface area (Å²) >= 11 is 0. The average Bonchev–Trinajstić information content (AvgIpc) is 3.16. The van der Waals surface area contributed by atoms with Crippen LogP contribution in [-0.4, -0.2) is 66.7 Å². The quantitative estimate of drug-likeness (QED) is 0.474. The monoisotopic (exact) mass is 446 g/mol. The average molecular weight is 447 g/mol. The molecule has 0 radical (unpaired) electrons. The molecule has 1 aliphatic carbocycles. The van der Waals surface area contributed by atoms with Crippen LogP contribution in [0, 0.1) is 0 Å². The maximum Gasteiger partial charge on any atom is 0.303 e. The second-order valence-corrected chi connectivity index (χ2v) is 10.9. The molecule has 5 saturated heterocycles. The lowest BCUT2D eigenvalue weighted by Crippen LogP contribution is -2.77. The van der Waals surface area contributed by atoms with E-state index in [1.165, 1.54) is 34.8 Å². The molecule has 2 unspecified atom stereocenters. The first-order chi connectivity index (χ1) is 14.4. The Balaban J connectivity index is 1.49. The molecular weight excluding hydrogens is 428 g/mol. The number of hydrogen-bond acceptors (Lipinski definition) is 8. The molecule has 6 aliphatic heterocycles. The number of fused-ring (bicyclic) bond motifs is 3. The Hall–Kier alpha value is -2.17. The van der Waals surface area contributed by atoms with Crippen molar-refractivity contribution in [3.05, 3.63) is 48.0 Å². The Morgan fingerprint density at radius 3 is 2.50 bits per heavy atom. The number of nitrogens with zero attached hydrogens (tertiary/aromatic N) is 2. The molecule has 6 atom stereocenters. The van der Waals surface area contributed by atoms with E-state index in [1.807, 2.05) is 6.08 Å². The highest BCUT2D eigenvalue weighted by Gasteiger charge is 2.77. The lowest BCUT2D eigenvalue weighted by atomic mass is 9.96. The molecule has 2 amide bonds. The lowest BCUT2D eigenvalue weighted by Gasteiger charge is -2.58. The maximum atomic E-state index is 14.0. The zero-order chi connectivity index (χ0) is 20.8. The zero-order valence-corrected chi connectivity index (χ0v) is 17.5. The van der Waals surface area contributed by atoms with Crippen molar-refractivity contribution in [2.75, 3.05) is 0 Å². The number of piperazine rings is 1. The van der Waals surface area contributed by atoms with Crippen LogP contribution in [-0.2, 0) is 23.9 Å². The Morgan fingerprint density at radius 1 is 1.13 bits per heavy atom. The largest absolute Gasteiger partial charge is 0.473 e.